The number of ketones is 1. The number of hydrogen-bond acceptors (Lipinski definition) is 6. The molecular weight excluding hydrogens is 478 g/mol. The molecule has 0 aromatic heterocycles. The zero-order valence-corrected chi connectivity index (χ0v) is 20.2. The number of benzene rings is 4. The van der Waals surface area contributed by atoms with Crippen LogP contribution in [0.25, 0.3) is 5.76 Å². The van der Waals surface area contributed by atoms with E-state index in [-0.39, 0.29) is 18.3 Å². The van der Waals surface area contributed by atoms with Gasteiger partial charge in [0.15, 0.2) is 17.3 Å². The first-order chi connectivity index (χ1) is 17.4. The molecule has 0 aliphatic carbocycles. The summed E-state index contributed by atoms with van der Waals surface area (Å²) in [6.07, 6.45) is 0. The van der Waals surface area contributed by atoms with Crippen LogP contribution in [0.1, 0.15) is 21.5 Å². The molecule has 0 unspecified atom stereocenters. The standard InChI is InChI=1S/C29H22ClNO5/c1-18(32)20-13-21(15-26(14-20)36-25-11-12-27-28(16-25)35-17-34-27)29(33)19-3-7-23(8-4-19)31(2)24-9-5-22(30)6-10-24/h3-16,32H,1,17H2,2H3. The van der Waals surface area contributed by atoms with Gasteiger partial charge in [0.2, 0.25) is 6.79 Å². The van der Waals surface area contributed by atoms with Gasteiger partial charge in [-0.15, -0.1) is 0 Å². The molecule has 36 heavy (non-hydrogen) atoms. The van der Waals surface area contributed by atoms with E-state index in [1.165, 1.54) is 0 Å². The second-order valence-corrected chi connectivity index (χ2v) is 8.66. The van der Waals surface area contributed by atoms with Gasteiger partial charge in [-0.25, -0.2) is 0 Å². The first kappa shape index (κ1) is 23.3. The number of aliphatic hydroxyl groups is 1. The molecule has 0 saturated carbocycles. The minimum absolute atomic E-state index is 0.158. The van der Waals surface area contributed by atoms with Crippen LogP contribution in [0.2, 0.25) is 5.02 Å². The smallest absolute Gasteiger partial charge is 0.231 e. The summed E-state index contributed by atoms with van der Waals surface area (Å²) in [7, 11) is 1.94. The van der Waals surface area contributed by atoms with Gasteiger partial charge in [-0.1, -0.05) is 18.2 Å². The molecule has 0 spiro atoms. The van der Waals surface area contributed by atoms with Crippen LogP contribution in [0.15, 0.2) is 91.5 Å². The molecular formula is C29H22ClNO5. The molecule has 6 nitrogen and oxygen atoms in total. The molecule has 1 N–H and O–H groups in total. The van der Waals surface area contributed by atoms with Crippen molar-refractivity contribution in [1.29, 1.82) is 0 Å². The Labute approximate surface area is 213 Å². The molecule has 1 heterocycles. The average Bonchev–Trinajstić information content (AvgIpc) is 3.36. The summed E-state index contributed by atoms with van der Waals surface area (Å²) in [4.78, 5) is 15.3. The number of aliphatic hydroxyl groups excluding tert-OH is 1. The normalized spacial score (nSPS) is 11.7. The SMILES string of the molecule is C=C(O)c1cc(Oc2ccc3c(c2)OCO3)cc(C(=O)c2ccc(N(C)c3ccc(Cl)cc3)cc2)c1. The molecule has 1 aliphatic rings. The van der Waals surface area contributed by atoms with E-state index in [1.54, 1.807) is 48.5 Å². The molecule has 0 bridgehead atoms. The fraction of sp³-hybridized carbons (Fsp3) is 0.0690. The van der Waals surface area contributed by atoms with Crippen molar-refractivity contribution in [3.05, 3.63) is 113 Å². The Kier molecular flexibility index (Phi) is 6.27. The van der Waals surface area contributed by atoms with Crippen LogP contribution in [0.4, 0.5) is 11.4 Å². The number of hydrogen-bond donors (Lipinski definition) is 1. The Hall–Kier alpha value is -4.42. The van der Waals surface area contributed by atoms with Crippen LogP contribution in [-0.2, 0) is 0 Å². The monoisotopic (exact) mass is 499 g/mol. The quantitative estimate of drug-likeness (QED) is 0.211. The number of rotatable bonds is 7. The summed E-state index contributed by atoms with van der Waals surface area (Å²) in [5.74, 6) is 1.72. The fourth-order valence-electron chi connectivity index (χ4n) is 3.85. The highest BCUT2D eigenvalue weighted by Crippen LogP contribution is 2.37. The van der Waals surface area contributed by atoms with Crippen molar-refractivity contribution in [1.82, 2.24) is 0 Å². The Balaban J connectivity index is 1.40. The minimum atomic E-state index is -0.214. The van der Waals surface area contributed by atoms with Crippen molar-refractivity contribution >= 4 is 34.5 Å². The maximum Gasteiger partial charge on any atom is 0.231 e. The third-order valence-corrected chi connectivity index (χ3v) is 6.06. The molecule has 5 rings (SSSR count). The van der Waals surface area contributed by atoms with Crippen LogP contribution in [0, 0.1) is 0 Å². The molecule has 4 aromatic carbocycles. The number of ether oxygens (including phenoxy) is 3. The van der Waals surface area contributed by atoms with Crippen LogP contribution in [0.3, 0.4) is 0 Å². The molecule has 0 radical (unpaired) electrons. The van der Waals surface area contributed by atoms with Gasteiger partial charge in [-0.05, 0) is 78.9 Å². The molecule has 7 heteroatoms. The minimum Gasteiger partial charge on any atom is -0.508 e. The summed E-state index contributed by atoms with van der Waals surface area (Å²) in [5.41, 5.74) is 3.13. The largest absolute Gasteiger partial charge is 0.508 e. The van der Waals surface area contributed by atoms with E-state index < -0.39 is 0 Å². The van der Waals surface area contributed by atoms with Gasteiger partial charge in [0.05, 0.1) is 0 Å². The summed E-state index contributed by atoms with van der Waals surface area (Å²) < 4.78 is 16.7. The maximum absolute atomic E-state index is 13.3. The predicted molar refractivity (Wildman–Crippen MR) is 140 cm³/mol. The molecule has 180 valence electrons. The van der Waals surface area contributed by atoms with Gasteiger partial charge in [0, 0.05) is 46.2 Å². The van der Waals surface area contributed by atoms with Gasteiger partial charge < -0.3 is 24.2 Å². The lowest BCUT2D eigenvalue weighted by molar-refractivity contribution is 0.103. The van der Waals surface area contributed by atoms with Gasteiger partial charge >= 0.3 is 0 Å². The maximum atomic E-state index is 13.3. The third-order valence-electron chi connectivity index (χ3n) is 5.81. The van der Waals surface area contributed by atoms with Crippen molar-refractivity contribution < 1.29 is 24.1 Å². The van der Waals surface area contributed by atoms with Crippen molar-refractivity contribution in [3.8, 4) is 23.0 Å². The Morgan fingerprint density at radius 1 is 0.833 bits per heavy atom. The number of fused-ring (bicyclic) bond motifs is 1. The van der Waals surface area contributed by atoms with Gasteiger partial charge in [0.25, 0.3) is 0 Å². The van der Waals surface area contributed by atoms with Crippen molar-refractivity contribution in [2.75, 3.05) is 18.7 Å². The van der Waals surface area contributed by atoms with E-state index in [4.69, 9.17) is 25.8 Å². The summed E-state index contributed by atoms with van der Waals surface area (Å²) >= 11 is 5.99. The van der Waals surface area contributed by atoms with Gasteiger partial charge in [0.1, 0.15) is 17.3 Å². The van der Waals surface area contributed by atoms with E-state index >= 15 is 0 Å². The van der Waals surface area contributed by atoms with Crippen molar-refractivity contribution in [3.63, 3.8) is 0 Å². The highest BCUT2D eigenvalue weighted by atomic mass is 35.5. The molecule has 0 saturated heterocycles. The Bertz CT molecular complexity index is 1450. The van der Waals surface area contributed by atoms with Gasteiger partial charge in [-0.2, -0.15) is 0 Å². The van der Waals surface area contributed by atoms with E-state index in [2.05, 4.69) is 6.58 Å². The van der Waals surface area contributed by atoms with Crippen LogP contribution in [0.5, 0.6) is 23.0 Å². The number of halogens is 1. The van der Waals surface area contributed by atoms with Gasteiger partial charge in [-0.3, -0.25) is 4.79 Å². The molecule has 0 amide bonds. The number of carbonyl (C=O) groups is 1. The average molecular weight is 500 g/mol. The van der Waals surface area contributed by atoms with E-state index in [0.717, 1.165) is 11.4 Å². The predicted octanol–water partition coefficient (Wildman–Crippen LogP) is 7.39. The highest BCUT2D eigenvalue weighted by molar-refractivity contribution is 6.30. The lowest BCUT2D eigenvalue weighted by atomic mass is 10.00. The van der Waals surface area contributed by atoms with E-state index in [1.807, 2.05) is 48.3 Å². The van der Waals surface area contributed by atoms with E-state index in [0.29, 0.717) is 44.7 Å². The first-order valence-electron chi connectivity index (χ1n) is 11.1. The van der Waals surface area contributed by atoms with Crippen LogP contribution >= 0.6 is 11.6 Å². The highest BCUT2D eigenvalue weighted by Gasteiger charge is 2.17. The third kappa shape index (κ3) is 4.85. The lowest BCUT2D eigenvalue weighted by Gasteiger charge is -2.20. The molecule has 0 fully saturated rings. The topological polar surface area (TPSA) is 68.2 Å². The second-order valence-electron chi connectivity index (χ2n) is 8.22. The van der Waals surface area contributed by atoms with Crippen molar-refractivity contribution in [2.45, 2.75) is 0 Å². The van der Waals surface area contributed by atoms with Crippen molar-refractivity contribution in [2.24, 2.45) is 0 Å². The first-order valence-corrected chi connectivity index (χ1v) is 11.5. The van der Waals surface area contributed by atoms with Crippen LogP contribution < -0.4 is 19.1 Å². The second kappa shape index (κ2) is 9.68. The van der Waals surface area contributed by atoms with E-state index in [9.17, 15) is 9.90 Å². The zero-order valence-electron chi connectivity index (χ0n) is 19.4. The summed E-state index contributed by atoms with van der Waals surface area (Å²) in [6, 6.07) is 24.8. The zero-order chi connectivity index (χ0) is 25.2. The lowest BCUT2D eigenvalue weighted by Crippen LogP contribution is -2.10. The summed E-state index contributed by atoms with van der Waals surface area (Å²) in [5, 5.41) is 10.7. The summed E-state index contributed by atoms with van der Waals surface area (Å²) in [6.45, 7) is 3.76. The molecule has 1 aliphatic heterocycles. The molecule has 4 aromatic rings. The fourth-order valence-corrected chi connectivity index (χ4v) is 3.97. The Morgan fingerprint density at radius 2 is 1.47 bits per heavy atom. The van der Waals surface area contributed by atoms with Crippen LogP contribution in [-0.4, -0.2) is 24.7 Å². The number of nitrogens with zero attached hydrogens (tertiary/aromatic N) is 1. The molecule has 0 atom stereocenters. The number of carbonyl (C=O) groups excluding carboxylic acids is 1. The Morgan fingerprint density at radius 3 is 2.17 bits per heavy atom. The number of anilines is 2.